The lowest BCUT2D eigenvalue weighted by Gasteiger charge is -2.05. The third kappa shape index (κ3) is 2.71. The highest BCUT2D eigenvalue weighted by Gasteiger charge is 2.05. The number of nitrogens with zero attached hydrogens (tertiary/aromatic N) is 5. The fourth-order valence-corrected chi connectivity index (χ4v) is 2.15. The zero-order chi connectivity index (χ0) is 15.6. The quantitative estimate of drug-likeness (QED) is 0.582. The summed E-state index contributed by atoms with van der Waals surface area (Å²) in [6, 6.07) is 9.78. The molecule has 4 aromatic rings. The largest absolute Gasteiger partial charge is 0.424 e. The third-order valence-corrected chi connectivity index (χ3v) is 3.27. The summed E-state index contributed by atoms with van der Waals surface area (Å²) in [5.41, 5.74) is 2.48. The summed E-state index contributed by atoms with van der Waals surface area (Å²) in [7, 11) is 0. The minimum absolute atomic E-state index is 0.155. The molecule has 0 aliphatic rings. The molecule has 23 heavy (non-hydrogen) atoms. The van der Waals surface area contributed by atoms with Gasteiger partial charge < -0.3 is 4.74 Å². The summed E-state index contributed by atoms with van der Waals surface area (Å²) in [6.45, 7) is 0. The van der Waals surface area contributed by atoms with Gasteiger partial charge in [0.2, 0.25) is 0 Å². The number of hydrogen-bond acceptors (Lipinski definition) is 5. The topological polar surface area (TPSA) is 65.2 Å². The minimum atomic E-state index is -0.374. The molecule has 0 fully saturated rings. The summed E-state index contributed by atoms with van der Waals surface area (Å²) < 4.78 is 20.4. The molecule has 1 aromatic carbocycles. The second kappa shape index (κ2) is 5.45. The lowest BCUT2D eigenvalue weighted by atomic mass is 10.1. The number of halogens is 1. The van der Waals surface area contributed by atoms with Crippen molar-refractivity contribution in [3.8, 4) is 22.9 Å². The predicted octanol–water partition coefficient (Wildman–Crippen LogP) is 3.12. The van der Waals surface area contributed by atoms with Crippen LogP contribution in [0.1, 0.15) is 0 Å². The van der Waals surface area contributed by atoms with Crippen LogP contribution < -0.4 is 4.74 Å². The monoisotopic (exact) mass is 307 g/mol. The van der Waals surface area contributed by atoms with Crippen molar-refractivity contribution in [3.05, 3.63) is 67.1 Å². The van der Waals surface area contributed by atoms with Gasteiger partial charge in [0.25, 0.3) is 0 Å². The molecule has 0 unspecified atom stereocenters. The number of rotatable bonds is 3. The first kappa shape index (κ1) is 13.3. The van der Waals surface area contributed by atoms with Gasteiger partial charge in [-0.05, 0) is 29.8 Å². The number of ether oxygens (including phenoxy) is 1. The highest BCUT2D eigenvalue weighted by atomic mass is 19.1. The van der Waals surface area contributed by atoms with Crippen molar-refractivity contribution in [2.45, 2.75) is 0 Å². The van der Waals surface area contributed by atoms with Crippen LogP contribution in [-0.2, 0) is 0 Å². The lowest BCUT2D eigenvalue weighted by molar-refractivity contribution is 0.438. The van der Waals surface area contributed by atoms with Crippen molar-refractivity contribution in [2.24, 2.45) is 0 Å². The van der Waals surface area contributed by atoms with Crippen LogP contribution in [0.2, 0.25) is 0 Å². The van der Waals surface area contributed by atoms with Gasteiger partial charge in [-0.15, -0.1) is 10.2 Å². The molecule has 3 aromatic heterocycles. The van der Waals surface area contributed by atoms with Crippen LogP contribution in [-0.4, -0.2) is 24.6 Å². The van der Waals surface area contributed by atoms with Gasteiger partial charge in [-0.2, -0.15) is 0 Å². The predicted molar refractivity (Wildman–Crippen MR) is 80.5 cm³/mol. The average Bonchev–Trinajstić information content (AvgIpc) is 3.03. The van der Waals surface area contributed by atoms with Crippen LogP contribution in [0.5, 0.6) is 11.8 Å². The van der Waals surface area contributed by atoms with E-state index in [0.29, 0.717) is 5.75 Å². The molecule has 6 nitrogen and oxygen atoms in total. The second-order valence-corrected chi connectivity index (χ2v) is 4.83. The molecule has 0 saturated heterocycles. The first-order chi connectivity index (χ1) is 11.3. The maximum Gasteiger partial charge on any atom is 0.321 e. The van der Waals surface area contributed by atoms with Gasteiger partial charge in [-0.25, -0.2) is 14.4 Å². The van der Waals surface area contributed by atoms with E-state index < -0.39 is 0 Å². The van der Waals surface area contributed by atoms with Gasteiger partial charge in [0.1, 0.15) is 17.9 Å². The minimum Gasteiger partial charge on any atom is -0.424 e. The van der Waals surface area contributed by atoms with E-state index in [9.17, 15) is 4.39 Å². The molecule has 0 atom stereocenters. The molecule has 0 spiro atoms. The summed E-state index contributed by atoms with van der Waals surface area (Å²) in [5, 5.41) is 7.83. The molecule has 0 aliphatic carbocycles. The Bertz CT molecular complexity index is 968. The number of pyridine rings is 1. The van der Waals surface area contributed by atoms with Crippen molar-refractivity contribution in [3.63, 3.8) is 0 Å². The Morgan fingerprint density at radius 1 is 1.00 bits per heavy atom. The maximum absolute atomic E-state index is 13.1. The number of benzene rings is 1. The Balaban J connectivity index is 1.59. The Labute approximate surface area is 130 Å². The maximum atomic E-state index is 13.1. The summed E-state index contributed by atoms with van der Waals surface area (Å²) in [5.74, 6) is -0.0247. The van der Waals surface area contributed by atoms with E-state index in [0.717, 1.165) is 16.8 Å². The van der Waals surface area contributed by atoms with Crippen molar-refractivity contribution in [1.29, 1.82) is 0 Å². The van der Waals surface area contributed by atoms with Crippen LogP contribution in [0.25, 0.3) is 16.8 Å². The molecule has 0 N–H and O–H groups in total. The molecule has 3 heterocycles. The normalized spacial score (nSPS) is 10.8. The highest BCUT2D eigenvalue weighted by molar-refractivity contribution is 5.65. The summed E-state index contributed by atoms with van der Waals surface area (Å²) in [4.78, 5) is 8.30. The Morgan fingerprint density at radius 2 is 1.87 bits per heavy atom. The van der Waals surface area contributed by atoms with Crippen molar-refractivity contribution < 1.29 is 9.13 Å². The summed E-state index contributed by atoms with van der Waals surface area (Å²) >= 11 is 0. The van der Waals surface area contributed by atoms with E-state index in [-0.39, 0.29) is 11.8 Å². The van der Waals surface area contributed by atoms with Crippen LogP contribution in [0, 0.1) is 5.82 Å². The standard InChI is InChI=1S/C16H10FN5O/c17-13-2-1-3-14(7-13)23-16-18-8-12(9-19-16)11-4-5-22-10-20-21-15(22)6-11/h1-10H. The molecule has 7 heteroatoms. The van der Waals surface area contributed by atoms with Crippen molar-refractivity contribution in [1.82, 2.24) is 24.6 Å². The zero-order valence-corrected chi connectivity index (χ0v) is 11.8. The second-order valence-electron chi connectivity index (χ2n) is 4.83. The van der Waals surface area contributed by atoms with Crippen LogP contribution >= 0.6 is 0 Å². The molecule has 112 valence electrons. The number of hydrogen-bond donors (Lipinski definition) is 0. The lowest BCUT2D eigenvalue weighted by Crippen LogP contribution is -1.93. The smallest absolute Gasteiger partial charge is 0.321 e. The van der Waals surface area contributed by atoms with Gasteiger partial charge >= 0.3 is 6.01 Å². The fourth-order valence-electron chi connectivity index (χ4n) is 2.15. The van der Waals surface area contributed by atoms with E-state index in [1.807, 2.05) is 22.7 Å². The van der Waals surface area contributed by atoms with E-state index >= 15 is 0 Å². The Hall–Kier alpha value is -3.35. The first-order valence-electron chi connectivity index (χ1n) is 6.83. The molecule has 4 rings (SSSR count). The Morgan fingerprint density at radius 3 is 2.70 bits per heavy atom. The number of fused-ring (bicyclic) bond motifs is 1. The molecular weight excluding hydrogens is 297 g/mol. The fraction of sp³-hybridized carbons (Fsp3) is 0. The van der Waals surface area contributed by atoms with Crippen LogP contribution in [0.15, 0.2) is 61.3 Å². The van der Waals surface area contributed by atoms with Gasteiger partial charge in [0.05, 0.1) is 0 Å². The highest BCUT2D eigenvalue weighted by Crippen LogP contribution is 2.22. The van der Waals surface area contributed by atoms with Gasteiger partial charge in [0, 0.05) is 30.2 Å². The first-order valence-corrected chi connectivity index (χ1v) is 6.83. The molecule has 0 saturated carbocycles. The van der Waals surface area contributed by atoms with Gasteiger partial charge in [-0.1, -0.05) is 6.07 Å². The SMILES string of the molecule is Fc1cccc(Oc2ncc(-c3ccn4cnnc4c3)cn2)c1. The van der Waals surface area contributed by atoms with E-state index in [4.69, 9.17) is 4.74 Å². The van der Waals surface area contributed by atoms with E-state index in [1.165, 1.54) is 12.1 Å². The third-order valence-electron chi connectivity index (χ3n) is 3.27. The van der Waals surface area contributed by atoms with Gasteiger partial charge in [-0.3, -0.25) is 4.40 Å². The average molecular weight is 307 g/mol. The Kier molecular flexibility index (Phi) is 3.16. The molecule has 0 aliphatic heterocycles. The molecule has 0 radical (unpaired) electrons. The van der Waals surface area contributed by atoms with Crippen molar-refractivity contribution >= 4 is 5.65 Å². The van der Waals surface area contributed by atoms with Crippen LogP contribution in [0.4, 0.5) is 4.39 Å². The summed E-state index contributed by atoms with van der Waals surface area (Å²) in [6.07, 6.45) is 6.78. The van der Waals surface area contributed by atoms with Crippen molar-refractivity contribution in [2.75, 3.05) is 0 Å². The molecule has 0 bridgehead atoms. The zero-order valence-electron chi connectivity index (χ0n) is 11.8. The molecular formula is C16H10FN5O. The van der Waals surface area contributed by atoms with Gasteiger partial charge in [0.15, 0.2) is 5.65 Å². The van der Waals surface area contributed by atoms with Crippen LogP contribution in [0.3, 0.4) is 0 Å². The van der Waals surface area contributed by atoms with E-state index in [1.54, 1.807) is 30.9 Å². The molecule has 0 amide bonds. The number of aromatic nitrogens is 5. The van der Waals surface area contributed by atoms with E-state index in [2.05, 4.69) is 20.2 Å².